The van der Waals surface area contributed by atoms with Gasteiger partial charge in [-0.05, 0) is 73.4 Å². The van der Waals surface area contributed by atoms with E-state index in [9.17, 15) is 22.4 Å². The van der Waals surface area contributed by atoms with Crippen molar-refractivity contribution in [2.24, 2.45) is 0 Å². The Morgan fingerprint density at radius 1 is 1.06 bits per heavy atom. The smallest absolute Gasteiger partial charge is 0.341 e. The molecule has 184 valence electrons. The van der Waals surface area contributed by atoms with Gasteiger partial charge in [0.25, 0.3) is 10.0 Å². The molecule has 0 radical (unpaired) electrons. The van der Waals surface area contributed by atoms with Crippen LogP contribution in [-0.4, -0.2) is 41.1 Å². The predicted molar refractivity (Wildman–Crippen MR) is 130 cm³/mol. The van der Waals surface area contributed by atoms with Crippen LogP contribution in [0, 0.1) is 5.82 Å². The van der Waals surface area contributed by atoms with E-state index in [2.05, 4.69) is 5.32 Å². The number of fused-ring (bicyclic) bond motifs is 1. The number of sulfonamides is 1. The van der Waals surface area contributed by atoms with Crippen LogP contribution in [0.2, 0.25) is 0 Å². The van der Waals surface area contributed by atoms with Crippen molar-refractivity contribution in [3.05, 3.63) is 70.4 Å². The fourth-order valence-electron chi connectivity index (χ4n) is 3.90. The Bertz CT molecular complexity index is 1350. The quantitative estimate of drug-likeness (QED) is 0.452. The summed E-state index contributed by atoms with van der Waals surface area (Å²) in [7, 11) is -1.47. The number of aryl methyl sites for hydroxylation is 1. The number of nitrogens with zero attached hydrogens (tertiary/aromatic N) is 1. The number of nitrogens with one attached hydrogen (secondary N) is 1. The van der Waals surface area contributed by atoms with Crippen molar-refractivity contribution in [3.8, 4) is 5.75 Å². The molecule has 11 heteroatoms. The zero-order valence-electron chi connectivity index (χ0n) is 19.0. The van der Waals surface area contributed by atoms with Crippen LogP contribution in [0.3, 0.4) is 0 Å². The second-order valence-corrected chi connectivity index (χ2v) is 10.7. The van der Waals surface area contributed by atoms with Gasteiger partial charge >= 0.3 is 5.97 Å². The molecule has 1 aliphatic carbocycles. The van der Waals surface area contributed by atoms with Crippen LogP contribution in [-0.2, 0) is 32.4 Å². The molecule has 0 bridgehead atoms. The number of esters is 1. The van der Waals surface area contributed by atoms with Crippen molar-refractivity contribution >= 4 is 43.9 Å². The van der Waals surface area contributed by atoms with Gasteiger partial charge in [0.15, 0.2) is 0 Å². The number of rotatable bonds is 8. The normalized spacial score (nSPS) is 12.7. The summed E-state index contributed by atoms with van der Waals surface area (Å²) >= 11 is 1.29. The van der Waals surface area contributed by atoms with E-state index in [0.717, 1.165) is 39.7 Å². The van der Waals surface area contributed by atoms with Crippen LogP contribution < -0.4 is 14.4 Å². The maximum absolute atomic E-state index is 13.5. The minimum Gasteiger partial charge on any atom is -0.497 e. The molecule has 0 atom stereocenters. The van der Waals surface area contributed by atoms with Gasteiger partial charge in [0.2, 0.25) is 5.91 Å². The number of benzene rings is 2. The number of anilines is 2. The summed E-state index contributed by atoms with van der Waals surface area (Å²) in [6.45, 7) is -0.594. The third-order valence-corrected chi connectivity index (χ3v) is 8.61. The van der Waals surface area contributed by atoms with Crippen molar-refractivity contribution in [3.63, 3.8) is 0 Å². The maximum atomic E-state index is 13.5. The van der Waals surface area contributed by atoms with Gasteiger partial charge in [-0.1, -0.05) is 0 Å². The number of hydrogen-bond donors (Lipinski definition) is 1. The molecule has 8 nitrogen and oxygen atoms in total. The van der Waals surface area contributed by atoms with Crippen molar-refractivity contribution < 1.29 is 31.9 Å². The van der Waals surface area contributed by atoms with Crippen LogP contribution in [0.1, 0.15) is 27.2 Å². The van der Waals surface area contributed by atoms with E-state index in [1.165, 1.54) is 62.0 Å². The van der Waals surface area contributed by atoms with Crippen molar-refractivity contribution in [1.29, 1.82) is 0 Å². The number of thiophene rings is 1. The summed E-state index contributed by atoms with van der Waals surface area (Å²) < 4.78 is 51.4. The highest BCUT2D eigenvalue weighted by atomic mass is 32.2. The lowest BCUT2D eigenvalue weighted by Crippen LogP contribution is -2.38. The molecule has 1 amide bonds. The number of ether oxygens (including phenoxy) is 2. The zero-order valence-corrected chi connectivity index (χ0v) is 20.7. The first-order valence-electron chi connectivity index (χ1n) is 10.7. The molecule has 0 unspecified atom stereocenters. The van der Waals surface area contributed by atoms with Crippen LogP contribution in [0.4, 0.5) is 15.1 Å². The molecule has 1 N–H and O–H groups in total. The minimum absolute atomic E-state index is 0.0687. The molecule has 0 spiro atoms. The monoisotopic (exact) mass is 518 g/mol. The van der Waals surface area contributed by atoms with Gasteiger partial charge in [-0.3, -0.25) is 9.10 Å². The second-order valence-electron chi connectivity index (χ2n) is 7.76. The summed E-state index contributed by atoms with van der Waals surface area (Å²) in [6.07, 6.45) is 2.42. The average Bonchev–Trinajstić information content (AvgIpc) is 3.43. The zero-order chi connectivity index (χ0) is 25.2. The molecular weight excluding hydrogens is 495 g/mol. The Morgan fingerprint density at radius 3 is 2.37 bits per heavy atom. The molecule has 4 rings (SSSR count). The average molecular weight is 519 g/mol. The van der Waals surface area contributed by atoms with Crippen molar-refractivity contribution in [1.82, 2.24) is 0 Å². The Morgan fingerprint density at radius 2 is 1.74 bits per heavy atom. The number of methoxy groups -OCH3 is 2. The van der Waals surface area contributed by atoms with Gasteiger partial charge in [0, 0.05) is 4.88 Å². The highest BCUT2D eigenvalue weighted by molar-refractivity contribution is 7.92. The first kappa shape index (κ1) is 24.7. The Kier molecular flexibility index (Phi) is 7.08. The highest BCUT2D eigenvalue weighted by Gasteiger charge is 2.31. The van der Waals surface area contributed by atoms with Crippen LogP contribution in [0.25, 0.3) is 0 Å². The molecule has 3 aromatic rings. The predicted octanol–water partition coefficient (Wildman–Crippen LogP) is 4.01. The number of amides is 1. The fourth-order valence-corrected chi connectivity index (χ4v) is 6.62. The maximum Gasteiger partial charge on any atom is 0.341 e. The van der Waals surface area contributed by atoms with E-state index < -0.39 is 34.3 Å². The number of carbonyl (C=O) groups is 2. The lowest BCUT2D eigenvalue weighted by molar-refractivity contribution is -0.114. The molecule has 2 aromatic carbocycles. The van der Waals surface area contributed by atoms with E-state index in [4.69, 9.17) is 9.47 Å². The van der Waals surface area contributed by atoms with Crippen molar-refractivity contribution in [2.75, 3.05) is 30.4 Å². The molecule has 1 aromatic heterocycles. The van der Waals surface area contributed by atoms with E-state index in [1.807, 2.05) is 0 Å². The topological polar surface area (TPSA) is 102 Å². The van der Waals surface area contributed by atoms with Gasteiger partial charge in [0.1, 0.15) is 23.1 Å². The Balaban J connectivity index is 1.66. The third kappa shape index (κ3) is 5.01. The van der Waals surface area contributed by atoms with Gasteiger partial charge in [0.05, 0.1) is 30.4 Å². The van der Waals surface area contributed by atoms with Crippen LogP contribution >= 0.6 is 11.3 Å². The number of halogens is 1. The summed E-state index contributed by atoms with van der Waals surface area (Å²) in [4.78, 5) is 26.4. The van der Waals surface area contributed by atoms with E-state index in [1.54, 1.807) is 0 Å². The van der Waals surface area contributed by atoms with Gasteiger partial charge < -0.3 is 14.8 Å². The first-order chi connectivity index (χ1) is 16.7. The molecule has 0 fully saturated rings. The summed E-state index contributed by atoms with van der Waals surface area (Å²) in [5.41, 5.74) is 1.28. The number of carbonyl (C=O) groups excluding carboxylic acids is 2. The minimum atomic E-state index is -4.20. The largest absolute Gasteiger partial charge is 0.497 e. The standard InChI is InChI=1S/C24H23FN2O6S2/c1-32-17-10-12-18(13-11-17)35(30,31)27(16-8-6-15(25)7-9-16)14-21(28)26-23-22(24(29)33-2)19-4-3-5-20(19)34-23/h6-13H,3-5,14H2,1-2H3,(H,26,28). The lowest BCUT2D eigenvalue weighted by atomic mass is 10.1. The van der Waals surface area contributed by atoms with E-state index in [-0.39, 0.29) is 10.6 Å². The molecule has 0 saturated carbocycles. The molecule has 1 aliphatic rings. The fraction of sp³-hybridized carbons (Fsp3) is 0.250. The molecule has 35 heavy (non-hydrogen) atoms. The van der Waals surface area contributed by atoms with E-state index in [0.29, 0.717) is 22.7 Å². The summed E-state index contributed by atoms with van der Waals surface area (Å²) in [5, 5.41) is 3.01. The molecule has 1 heterocycles. The highest BCUT2D eigenvalue weighted by Crippen LogP contribution is 2.39. The van der Waals surface area contributed by atoms with Crippen molar-refractivity contribution in [2.45, 2.75) is 24.2 Å². The first-order valence-corrected chi connectivity index (χ1v) is 13.0. The number of hydrogen-bond acceptors (Lipinski definition) is 7. The SMILES string of the molecule is COC(=O)c1c(NC(=O)CN(c2ccc(F)cc2)S(=O)(=O)c2ccc(OC)cc2)sc2c1CCC2. The third-order valence-electron chi connectivity index (χ3n) is 5.61. The van der Waals surface area contributed by atoms with Gasteiger partial charge in [-0.15, -0.1) is 11.3 Å². The molecule has 0 aliphatic heterocycles. The lowest BCUT2D eigenvalue weighted by Gasteiger charge is -2.24. The van der Waals surface area contributed by atoms with E-state index >= 15 is 0 Å². The summed E-state index contributed by atoms with van der Waals surface area (Å²) in [5.74, 6) is -1.29. The van der Waals surface area contributed by atoms with Crippen LogP contribution in [0.15, 0.2) is 53.4 Å². The Hall–Kier alpha value is -3.44. The van der Waals surface area contributed by atoms with Gasteiger partial charge in [-0.2, -0.15) is 0 Å². The molecular formula is C24H23FN2O6S2. The Labute approximate surface area is 206 Å². The molecule has 0 saturated heterocycles. The second kappa shape index (κ2) is 10.0. The summed E-state index contributed by atoms with van der Waals surface area (Å²) in [6, 6.07) is 10.5. The van der Waals surface area contributed by atoms with Gasteiger partial charge in [-0.25, -0.2) is 17.6 Å². The van der Waals surface area contributed by atoms with Crippen LogP contribution in [0.5, 0.6) is 5.75 Å².